The third kappa shape index (κ3) is 3.71. The standard InChI is InChI=1S/C17H22N2O2/c1-13-9-18-17(21-13)11-19(16(12-20)15-7-8-15)10-14-5-3-2-4-6-14/h2-6,9,15-16,20H,7-8,10-12H2,1H3. The molecule has 4 heteroatoms. The SMILES string of the molecule is Cc1cnc(CN(Cc2ccccc2)C(CO)C2CC2)o1. The first-order chi connectivity index (χ1) is 10.3. The van der Waals surface area contributed by atoms with Crippen molar-refractivity contribution >= 4 is 0 Å². The van der Waals surface area contributed by atoms with E-state index in [1.807, 2.05) is 25.1 Å². The maximum absolute atomic E-state index is 9.78. The van der Waals surface area contributed by atoms with Crippen LogP contribution in [0, 0.1) is 12.8 Å². The highest BCUT2D eigenvalue weighted by Gasteiger charge is 2.35. The van der Waals surface area contributed by atoms with Crippen molar-refractivity contribution in [2.24, 2.45) is 5.92 Å². The number of aromatic nitrogens is 1. The molecule has 1 atom stereocenters. The summed E-state index contributed by atoms with van der Waals surface area (Å²) in [6.07, 6.45) is 4.17. The molecule has 21 heavy (non-hydrogen) atoms. The van der Waals surface area contributed by atoms with E-state index in [-0.39, 0.29) is 12.6 Å². The summed E-state index contributed by atoms with van der Waals surface area (Å²) in [5, 5.41) is 9.78. The molecule has 3 rings (SSSR count). The van der Waals surface area contributed by atoms with Crippen molar-refractivity contribution < 1.29 is 9.52 Å². The van der Waals surface area contributed by atoms with Crippen LogP contribution in [0.4, 0.5) is 0 Å². The molecule has 0 spiro atoms. The van der Waals surface area contributed by atoms with Crippen LogP contribution >= 0.6 is 0 Å². The maximum atomic E-state index is 9.78. The molecule has 0 saturated heterocycles. The van der Waals surface area contributed by atoms with E-state index in [4.69, 9.17) is 4.42 Å². The smallest absolute Gasteiger partial charge is 0.208 e. The van der Waals surface area contributed by atoms with Gasteiger partial charge in [0.2, 0.25) is 5.89 Å². The van der Waals surface area contributed by atoms with Gasteiger partial charge in [-0.3, -0.25) is 4.90 Å². The third-order valence-electron chi connectivity index (χ3n) is 4.06. The molecule has 1 aliphatic rings. The predicted octanol–water partition coefficient (Wildman–Crippen LogP) is 2.76. The van der Waals surface area contributed by atoms with Crippen molar-refractivity contribution in [2.75, 3.05) is 6.61 Å². The largest absolute Gasteiger partial charge is 0.445 e. The van der Waals surface area contributed by atoms with Crippen LogP contribution in [0.25, 0.3) is 0 Å². The summed E-state index contributed by atoms with van der Waals surface area (Å²) in [6.45, 7) is 3.55. The highest BCUT2D eigenvalue weighted by atomic mass is 16.4. The van der Waals surface area contributed by atoms with Gasteiger partial charge in [0.15, 0.2) is 0 Å². The quantitative estimate of drug-likeness (QED) is 0.850. The van der Waals surface area contributed by atoms with Crippen molar-refractivity contribution in [1.82, 2.24) is 9.88 Å². The van der Waals surface area contributed by atoms with Crippen LogP contribution in [0.3, 0.4) is 0 Å². The average Bonchev–Trinajstić information content (AvgIpc) is 3.24. The van der Waals surface area contributed by atoms with Crippen LogP contribution in [0.1, 0.15) is 30.1 Å². The van der Waals surface area contributed by atoms with Crippen molar-refractivity contribution in [1.29, 1.82) is 0 Å². The first-order valence-electron chi connectivity index (χ1n) is 7.56. The van der Waals surface area contributed by atoms with E-state index >= 15 is 0 Å². The third-order valence-corrected chi connectivity index (χ3v) is 4.06. The summed E-state index contributed by atoms with van der Waals surface area (Å²) in [5.74, 6) is 2.16. The van der Waals surface area contributed by atoms with Gasteiger partial charge in [-0.1, -0.05) is 30.3 Å². The zero-order valence-corrected chi connectivity index (χ0v) is 12.4. The minimum atomic E-state index is 0.192. The van der Waals surface area contributed by atoms with Gasteiger partial charge in [-0.05, 0) is 31.2 Å². The van der Waals surface area contributed by atoms with Crippen LogP contribution in [-0.4, -0.2) is 27.6 Å². The number of aryl methyl sites for hydroxylation is 1. The van der Waals surface area contributed by atoms with Crippen molar-refractivity contribution in [3.05, 3.63) is 53.7 Å². The van der Waals surface area contributed by atoms with Crippen molar-refractivity contribution in [3.8, 4) is 0 Å². The number of rotatable bonds is 7. The molecule has 112 valence electrons. The van der Waals surface area contributed by atoms with Crippen LogP contribution in [-0.2, 0) is 13.1 Å². The second-order valence-electron chi connectivity index (χ2n) is 5.84. The number of hydrogen-bond acceptors (Lipinski definition) is 4. The average molecular weight is 286 g/mol. The zero-order valence-electron chi connectivity index (χ0n) is 12.4. The van der Waals surface area contributed by atoms with Crippen LogP contribution in [0.2, 0.25) is 0 Å². The molecule has 1 aromatic carbocycles. The fourth-order valence-corrected chi connectivity index (χ4v) is 2.80. The normalized spacial score (nSPS) is 16.3. The Morgan fingerprint density at radius 2 is 2.05 bits per heavy atom. The molecule has 1 aliphatic carbocycles. The van der Waals surface area contributed by atoms with E-state index in [2.05, 4.69) is 22.0 Å². The van der Waals surface area contributed by atoms with Gasteiger partial charge in [-0.2, -0.15) is 0 Å². The summed E-state index contributed by atoms with van der Waals surface area (Å²) in [7, 11) is 0. The van der Waals surface area contributed by atoms with E-state index in [1.165, 1.54) is 18.4 Å². The van der Waals surface area contributed by atoms with Crippen LogP contribution < -0.4 is 0 Å². The van der Waals surface area contributed by atoms with E-state index < -0.39 is 0 Å². The highest BCUT2D eigenvalue weighted by molar-refractivity contribution is 5.15. The summed E-state index contributed by atoms with van der Waals surface area (Å²) in [5.41, 5.74) is 1.25. The van der Waals surface area contributed by atoms with Crippen molar-refractivity contribution in [2.45, 2.75) is 38.9 Å². The Balaban J connectivity index is 1.76. The molecule has 0 bridgehead atoms. The van der Waals surface area contributed by atoms with Gasteiger partial charge >= 0.3 is 0 Å². The number of aliphatic hydroxyl groups is 1. The van der Waals surface area contributed by atoms with Gasteiger partial charge in [-0.25, -0.2) is 4.98 Å². The minimum absolute atomic E-state index is 0.192. The Morgan fingerprint density at radius 1 is 1.29 bits per heavy atom. The van der Waals surface area contributed by atoms with E-state index in [0.717, 1.165) is 18.2 Å². The molecule has 0 radical (unpaired) electrons. The molecule has 4 nitrogen and oxygen atoms in total. The molecule has 0 amide bonds. The molecule has 1 N–H and O–H groups in total. The Bertz CT molecular complexity index is 563. The molecule has 1 heterocycles. The highest BCUT2D eigenvalue weighted by Crippen LogP contribution is 2.36. The molecule has 2 aromatic rings. The maximum Gasteiger partial charge on any atom is 0.208 e. The molecule has 1 unspecified atom stereocenters. The van der Waals surface area contributed by atoms with Gasteiger partial charge in [0.05, 0.1) is 19.3 Å². The van der Waals surface area contributed by atoms with Gasteiger partial charge in [-0.15, -0.1) is 0 Å². The number of aliphatic hydroxyl groups excluding tert-OH is 1. The lowest BCUT2D eigenvalue weighted by Gasteiger charge is -2.29. The van der Waals surface area contributed by atoms with Gasteiger partial charge < -0.3 is 9.52 Å². The van der Waals surface area contributed by atoms with E-state index in [9.17, 15) is 5.11 Å². The van der Waals surface area contributed by atoms with Crippen LogP contribution in [0.5, 0.6) is 0 Å². The minimum Gasteiger partial charge on any atom is -0.445 e. The molecular formula is C17H22N2O2. The topological polar surface area (TPSA) is 49.5 Å². The van der Waals surface area contributed by atoms with E-state index in [0.29, 0.717) is 12.5 Å². The summed E-state index contributed by atoms with van der Waals surface area (Å²) < 4.78 is 5.61. The molecule has 1 fully saturated rings. The fraction of sp³-hybridized carbons (Fsp3) is 0.471. The molecular weight excluding hydrogens is 264 g/mol. The second kappa shape index (κ2) is 6.41. The Kier molecular flexibility index (Phi) is 4.36. The van der Waals surface area contributed by atoms with E-state index in [1.54, 1.807) is 6.20 Å². The Hall–Kier alpha value is -1.65. The lowest BCUT2D eigenvalue weighted by Crippen LogP contribution is -2.38. The first kappa shape index (κ1) is 14.3. The van der Waals surface area contributed by atoms with Gasteiger partial charge in [0, 0.05) is 12.6 Å². The first-order valence-corrected chi connectivity index (χ1v) is 7.56. The number of benzene rings is 1. The number of oxazole rings is 1. The number of hydrogen-bond donors (Lipinski definition) is 1. The summed E-state index contributed by atoms with van der Waals surface area (Å²) >= 11 is 0. The predicted molar refractivity (Wildman–Crippen MR) is 80.5 cm³/mol. The molecule has 1 saturated carbocycles. The van der Waals surface area contributed by atoms with Gasteiger partial charge in [0.25, 0.3) is 0 Å². The summed E-state index contributed by atoms with van der Waals surface area (Å²) in [6, 6.07) is 10.6. The monoisotopic (exact) mass is 286 g/mol. The van der Waals surface area contributed by atoms with Crippen molar-refractivity contribution in [3.63, 3.8) is 0 Å². The van der Waals surface area contributed by atoms with Crippen LogP contribution in [0.15, 0.2) is 40.9 Å². The Labute approximate surface area is 125 Å². The fourth-order valence-electron chi connectivity index (χ4n) is 2.80. The zero-order chi connectivity index (χ0) is 14.7. The number of nitrogens with zero attached hydrogens (tertiary/aromatic N) is 2. The lowest BCUT2D eigenvalue weighted by atomic mass is 10.1. The Morgan fingerprint density at radius 3 is 2.62 bits per heavy atom. The summed E-state index contributed by atoms with van der Waals surface area (Å²) in [4.78, 5) is 6.59. The molecule has 0 aliphatic heterocycles. The molecule has 1 aromatic heterocycles. The second-order valence-corrected chi connectivity index (χ2v) is 5.84. The van der Waals surface area contributed by atoms with Gasteiger partial charge in [0.1, 0.15) is 5.76 Å². The lowest BCUT2D eigenvalue weighted by molar-refractivity contribution is 0.0864.